The van der Waals surface area contributed by atoms with Crippen molar-refractivity contribution in [2.45, 2.75) is 45.4 Å². The minimum atomic E-state index is -0.464. The molecule has 1 amide bonds. The molecule has 0 aromatic rings. The highest BCUT2D eigenvalue weighted by Gasteiger charge is 2.24. The molecule has 1 aliphatic heterocycles. The molecule has 1 fully saturated rings. The molecule has 0 aromatic heterocycles. The maximum atomic E-state index is 11.3. The molecular formula is C9H19N3O2. The largest absolute Gasteiger partial charge is 0.443 e. The Labute approximate surface area is 84.5 Å². The van der Waals surface area contributed by atoms with Crippen LogP contribution in [-0.4, -0.2) is 29.4 Å². The van der Waals surface area contributed by atoms with Crippen LogP contribution in [0.5, 0.6) is 0 Å². The lowest BCUT2D eigenvalue weighted by Crippen LogP contribution is -2.50. The molecule has 3 N–H and O–H groups in total. The molecule has 14 heavy (non-hydrogen) atoms. The first-order valence-corrected chi connectivity index (χ1v) is 4.90. The Morgan fingerprint density at radius 2 is 2.21 bits per heavy atom. The van der Waals surface area contributed by atoms with E-state index in [1.54, 1.807) is 5.01 Å². The van der Waals surface area contributed by atoms with Crippen molar-refractivity contribution in [1.82, 2.24) is 10.4 Å². The summed E-state index contributed by atoms with van der Waals surface area (Å²) in [5, 5.41) is 1.72. The van der Waals surface area contributed by atoms with Crippen LogP contribution in [0.1, 0.15) is 33.6 Å². The average molecular weight is 201 g/mol. The van der Waals surface area contributed by atoms with Crippen LogP contribution in [-0.2, 0) is 4.74 Å². The maximum absolute atomic E-state index is 11.3. The molecule has 82 valence electrons. The first-order chi connectivity index (χ1) is 6.38. The van der Waals surface area contributed by atoms with Crippen molar-refractivity contribution in [2.24, 2.45) is 5.73 Å². The molecule has 1 atom stereocenters. The van der Waals surface area contributed by atoms with Gasteiger partial charge in [-0.2, -0.15) is 0 Å². The van der Waals surface area contributed by atoms with E-state index in [4.69, 9.17) is 10.5 Å². The van der Waals surface area contributed by atoms with Gasteiger partial charge in [-0.1, -0.05) is 0 Å². The number of ether oxygens (including phenoxy) is 1. The quantitative estimate of drug-likeness (QED) is 0.658. The van der Waals surface area contributed by atoms with Crippen LogP contribution in [0.4, 0.5) is 4.79 Å². The van der Waals surface area contributed by atoms with Gasteiger partial charge in [-0.15, -0.1) is 0 Å². The van der Waals surface area contributed by atoms with Crippen molar-refractivity contribution in [3.05, 3.63) is 0 Å². The lowest BCUT2D eigenvalue weighted by atomic mass is 10.2. The Morgan fingerprint density at radius 1 is 1.57 bits per heavy atom. The second-order valence-corrected chi connectivity index (χ2v) is 4.52. The van der Waals surface area contributed by atoms with E-state index in [0.717, 1.165) is 19.4 Å². The van der Waals surface area contributed by atoms with E-state index in [1.807, 2.05) is 20.8 Å². The Balaban J connectivity index is 2.33. The average Bonchev–Trinajstić information content (AvgIpc) is 2.32. The predicted octanol–water partition coefficient (Wildman–Crippen LogP) is 0.807. The van der Waals surface area contributed by atoms with Crippen LogP contribution < -0.4 is 11.2 Å². The summed E-state index contributed by atoms with van der Waals surface area (Å²) in [7, 11) is 0. The van der Waals surface area contributed by atoms with Crippen molar-refractivity contribution in [2.75, 3.05) is 6.54 Å². The summed E-state index contributed by atoms with van der Waals surface area (Å²) in [6.45, 7) is 6.28. The van der Waals surface area contributed by atoms with Gasteiger partial charge in [0, 0.05) is 6.54 Å². The Bertz CT molecular complexity index is 213. The van der Waals surface area contributed by atoms with E-state index >= 15 is 0 Å². The fourth-order valence-electron chi connectivity index (χ4n) is 1.35. The normalized spacial score (nSPS) is 23.6. The summed E-state index contributed by atoms with van der Waals surface area (Å²) in [6.07, 6.45) is 1.41. The highest BCUT2D eigenvalue weighted by atomic mass is 16.6. The Hall–Kier alpha value is -0.810. The van der Waals surface area contributed by atoms with Crippen molar-refractivity contribution < 1.29 is 9.53 Å². The first kappa shape index (κ1) is 11.3. The maximum Gasteiger partial charge on any atom is 0.422 e. The summed E-state index contributed by atoms with van der Waals surface area (Å²) in [5.74, 6) is 0. The van der Waals surface area contributed by atoms with Gasteiger partial charge in [-0.05, 0) is 33.6 Å². The second-order valence-electron chi connectivity index (χ2n) is 4.52. The highest BCUT2D eigenvalue weighted by Crippen LogP contribution is 2.11. The van der Waals surface area contributed by atoms with Gasteiger partial charge in [0.2, 0.25) is 0 Å². The molecule has 0 spiro atoms. The number of carbonyl (C=O) groups excluding carboxylic acids is 1. The van der Waals surface area contributed by atoms with E-state index < -0.39 is 11.7 Å². The Kier molecular flexibility index (Phi) is 3.34. The number of amides is 1. The zero-order valence-corrected chi connectivity index (χ0v) is 9.04. The molecule has 0 saturated carbocycles. The van der Waals surface area contributed by atoms with Gasteiger partial charge in [0.05, 0.1) is 6.17 Å². The fraction of sp³-hybridized carbons (Fsp3) is 0.889. The lowest BCUT2D eigenvalue weighted by Gasteiger charge is -2.25. The Morgan fingerprint density at radius 3 is 2.64 bits per heavy atom. The number of rotatable bonds is 1. The fourth-order valence-corrected chi connectivity index (χ4v) is 1.35. The van der Waals surface area contributed by atoms with Crippen molar-refractivity contribution in [1.29, 1.82) is 0 Å². The van der Waals surface area contributed by atoms with E-state index in [2.05, 4.69) is 5.43 Å². The number of hydrogen-bond donors (Lipinski definition) is 2. The zero-order chi connectivity index (χ0) is 10.8. The number of hydrogen-bond acceptors (Lipinski definition) is 4. The van der Waals surface area contributed by atoms with Gasteiger partial charge in [0.25, 0.3) is 0 Å². The molecule has 5 heteroatoms. The lowest BCUT2D eigenvalue weighted by molar-refractivity contribution is 0.0311. The monoisotopic (exact) mass is 201 g/mol. The molecule has 1 rings (SSSR count). The van der Waals surface area contributed by atoms with E-state index in [9.17, 15) is 4.79 Å². The molecule has 1 heterocycles. The first-order valence-electron chi connectivity index (χ1n) is 4.90. The summed E-state index contributed by atoms with van der Waals surface area (Å²) in [6, 6.07) is 0. The third-order valence-electron chi connectivity index (χ3n) is 1.93. The smallest absolute Gasteiger partial charge is 0.422 e. The third kappa shape index (κ3) is 3.51. The molecule has 0 bridgehead atoms. The van der Waals surface area contributed by atoms with Gasteiger partial charge in [0.1, 0.15) is 5.60 Å². The van der Waals surface area contributed by atoms with Gasteiger partial charge < -0.3 is 10.5 Å². The summed E-state index contributed by atoms with van der Waals surface area (Å²) < 4.78 is 5.10. The minimum Gasteiger partial charge on any atom is -0.443 e. The zero-order valence-electron chi connectivity index (χ0n) is 9.04. The third-order valence-corrected chi connectivity index (χ3v) is 1.93. The van der Waals surface area contributed by atoms with Crippen LogP contribution in [0.2, 0.25) is 0 Å². The van der Waals surface area contributed by atoms with Crippen LogP contribution in [0.15, 0.2) is 0 Å². The summed E-state index contributed by atoms with van der Waals surface area (Å²) >= 11 is 0. The number of nitrogens with two attached hydrogens (primary N) is 1. The van der Waals surface area contributed by atoms with Gasteiger partial charge in [0.15, 0.2) is 0 Å². The van der Waals surface area contributed by atoms with Crippen LogP contribution in [0.25, 0.3) is 0 Å². The van der Waals surface area contributed by atoms with Crippen molar-refractivity contribution in [3.63, 3.8) is 0 Å². The van der Waals surface area contributed by atoms with E-state index in [1.165, 1.54) is 0 Å². The highest BCUT2D eigenvalue weighted by molar-refractivity contribution is 5.67. The molecule has 5 nitrogen and oxygen atoms in total. The van der Waals surface area contributed by atoms with Gasteiger partial charge in [-0.3, -0.25) is 5.43 Å². The van der Waals surface area contributed by atoms with Crippen LogP contribution in [0.3, 0.4) is 0 Å². The number of nitrogens with zero attached hydrogens (tertiary/aromatic N) is 1. The predicted molar refractivity (Wildman–Crippen MR) is 53.3 cm³/mol. The van der Waals surface area contributed by atoms with Crippen LogP contribution in [0, 0.1) is 0 Å². The molecular weight excluding hydrogens is 182 g/mol. The number of hydrazine groups is 1. The van der Waals surface area contributed by atoms with E-state index in [-0.39, 0.29) is 6.17 Å². The second kappa shape index (κ2) is 4.14. The van der Waals surface area contributed by atoms with E-state index in [0.29, 0.717) is 0 Å². The molecule has 0 radical (unpaired) electrons. The number of carbonyl (C=O) groups is 1. The van der Waals surface area contributed by atoms with Crippen molar-refractivity contribution in [3.8, 4) is 0 Å². The van der Waals surface area contributed by atoms with Crippen molar-refractivity contribution >= 4 is 6.09 Å². The molecule has 0 aromatic carbocycles. The molecule has 0 unspecified atom stereocenters. The SMILES string of the molecule is CC(C)(C)OC(=O)NN1CCC[C@@H]1N. The minimum absolute atomic E-state index is 0.0810. The topological polar surface area (TPSA) is 67.6 Å². The van der Waals surface area contributed by atoms with Gasteiger partial charge in [-0.25, -0.2) is 9.80 Å². The molecule has 0 aliphatic carbocycles. The summed E-state index contributed by atoms with van der Waals surface area (Å²) in [5.41, 5.74) is 7.91. The standard InChI is InChI=1S/C9H19N3O2/c1-9(2,3)14-8(13)11-12-6-4-5-7(12)10/h7H,4-6,10H2,1-3H3,(H,11,13)/t7-/m1/s1. The van der Waals surface area contributed by atoms with Gasteiger partial charge >= 0.3 is 6.09 Å². The number of nitrogens with one attached hydrogen (secondary N) is 1. The molecule has 1 saturated heterocycles. The van der Waals surface area contributed by atoms with Crippen LogP contribution >= 0.6 is 0 Å². The molecule has 1 aliphatic rings. The summed E-state index contributed by atoms with van der Waals surface area (Å²) in [4.78, 5) is 11.3.